The molecule has 0 aliphatic carbocycles. The Kier molecular flexibility index (Phi) is 7.73. The van der Waals surface area contributed by atoms with Gasteiger partial charge in [0.05, 0.1) is 42.3 Å². The van der Waals surface area contributed by atoms with Crippen molar-refractivity contribution in [3.63, 3.8) is 0 Å². The Balaban J connectivity index is 1.87. The normalized spacial score (nSPS) is 16.5. The molecule has 2 N–H and O–H groups in total. The second-order valence-corrected chi connectivity index (χ2v) is 9.14. The summed E-state index contributed by atoms with van der Waals surface area (Å²) in [5.41, 5.74) is 2.26. The van der Waals surface area contributed by atoms with E-state index >= 15 is 0 Å². The highest BCUT2D eigenvalue weighted by molar-refractivity contribution is 6.51. The van der Waals surface area contributed by atoms with Gasteiger partial charge in [0.1, 0.15) is 17.3 Å². The highest BCUT2D eigenvalue weighted by Gasteiger charge is 2.47. The molecule has 1 saturated heterocycles. The molecule has 1 heterocycles. The number of ether oxygens (including phenoxy) is 2. The summed E-state index contributed by atoms with van der Waals surface area (Å²) in [4.78, 5) is 39.9. The standard InChI is InChI=1S/C29H26ClNO7/c1-4-38-23(33)15-17-5-9-19(10-6-17)31-25(18-7-11-20(32)12-8-18)24(27(35)29(31)36)26(34)21-13-16(2)14-22(30)28(21)37-3/h5-14,25,32,34H,4,15H2,1-3H3/b26-24+. The summed E-state index contributed by atoms with van der Waals surface area (Å²) < 4.78 is 10.4. The summed E-state index contributed by atoms with van der Waals surface area (Å²) in [6, 6.07) is 14.8. The molecule has 1 unspecified atom stereocenters. The second kappa shape index (κ2) is 11.0. The number of aliphatic hydroxyl groups excluding tert-OH is 1. The number of benzene rings is 3. The van der Waals surface area contributed by atoms with Crippen LogP contribution in [0.5, 0.6) is 11.5 Å². The number of hydrogen-bond acceptors (Lipinski definition) is 7. The quantitative estimate of drug-likeness (QED) is 0.187. The molecule has 196 valence electrons. The van der Waals surface area contributed by atoms with E-state index in [1.54, 1.807) is 62.4 Å². The van der Waals surface area contributed by atoms with Crippen LogP contribution in [0, 0.1) is 6.92 Å². The van der Waals surface area contributed by atoms with Gasteiger partial charge in [-0.15, -0.1) is 0 Å². The van der Waals surface area contributed by atoms with E-state index in [-0.39, 0.29) is 46.7 Å². The third-order valence-corrected chi connectivity index (χ3v) is 6.45. The molecule has 3 aromatic rings. The molecule has 9 heteroatoms. The second-order valence-electron chi connectivity index (χ2n) is 8.74. The van der Waals surface area contributed by atoms with E-state index in [0.29, 0.717) is 22.4 Å². The van der Waals surface area contributed by atoms with Crippen LogP contribution in [0.25, 0.3) is 5.76 Å². The molecule has 0 radical (unpaired) electrons. The van der Waals surface area contributed by atoms with Crippen LogP contribution < -0.4 is 9.64 Å². The maximum atomic E-state index is 13.4. The highest BCUT2D eigenvalue weighted by atomic mass is 35.5. The van der Waals surface area contributed by atoms with E-state index in [1.807, 2.05) is 0 Å². The number of ketones is 1. The Bertz CT molecular complexity index is 1430. The molecule has 0 spiro atoms. The van der Waals surface area contributed by atoms with Crippen LogP contribution in [0.15, 0.2) is 66.2 Å². The lowest BCUT2D eigenvalue weighted by molar-refractivity contribution is -0.142. The number of anilines is 1. The number of methoxy groups -OCH3 is 1. The lowest BCUT2D eigenvalue weighted by atomic mass is 9.94. The minimum atomic E-state index is -1.02. The summed E-state index contributed by atoms with van der Waals surface area (Å²) in [5, 5.41) is 21.5. The number of nitrogens with zero attached hydrogens (tertiary/aromatic N) is 1. The van der Waals surface area contributed by atoms with Crippen molar-refractivity contribution >= 4 is 40.7 Å². The number of aliphatic hydroxyl groups is 1. The third-order valence-electron chi connectivity index (χ3n) is 6.17. The number of hydrogen-bond donors (Lipinski definition) is 2. The zero-order valence-corrected chi connectivity index (χ0v) is 21.8. The van der Waals surface area contributed by atoms with Crippen molar-refractivity contribution in [1.29, 1.82) is 0 Å². The average molecular weight is 536 g/mol. The number of halogens is 1. The number of aromatic hydroxyl groups is 1. The van der Waals surface area contributed by atoms with Crippen LogP contribution in [0.1, 0.15) is 35.2 Å². The number of Topliss-reactive ketones (excluding diaryl/α,β-unsaturated/α-hetero) is 1. The van der Waals surface area contributed by atoms with Gasteiger partial charge >= 0.3 is 5.97 Å². The lowest BCUT2D eigenvalue weighted by Crippen LogP contribution is -2.29. The first kappa shape index (κ1) is 26.8. The number of carbonyl (C=O) groups excluding carboxylic acids is 3. The first-order chi connectivity index (χ1) is 18.2. The van der Waals surface area contributed by atoms with E-state index in [9.17, 15) is 24.6 Å². The van der Waals surface area contributed by atoms with Gasteiger partial charge < -0.3 is 19.7 Å². The average Bonchev–Trinajstić information content (AvgIpc) is 3.14. The van der Waals surface area contributed by atoms with Gasteiger partial charge in [0.15, 0.2) is 0 Å². The fourth-order valence-corrected chi connectivity index (χ4v) is 4.83. The Morgan fingerprint density at radius 2 is 1.71 bits per heavy atom. The smallest absolute Gasteiger partial charge is 0.310 e. The van der Waals surface area contributed by atoms with Gasteiger partial charge in [0, 0.05) is 5.69 Å². The third kappa shape index (κ3) is 5.08. The molecule has 0 aromatic heterocycles. The van der Waals surface area contributed by atoms with Crippen molar-refractivity contribution in [3.05, 3.63) is 93.5 Å². The summed E-state index contributed by atoms with van der Waals surface area (Å²) >= 11 is 6.33. The molecule has 1 aliphatic heterocycles. The molecule has 3 aromatic carbocycles. The van der Waals surface area contributed by atoms with E-state index in [1.165, 1.54) is 24.1 Å². The molecule has 1 amide bonds. The summed E-state index contributed by atoms with van der Waals surface area (Å²) in [7, 11) is 1.39. The van der Waals surface area contributed by atoms with Crippen molar-refractivity contribution < 1.29 is 34.1 Å². The van der Waals surface area contributed by atoms with Gasteiger partial charge in [-0.2, -0.15) is 0 Å². The largest absolute Gasteiger partial charge is 0.508 e. The number of phenolic OH excluding ortho intramolecular Hbond substituents is 1. The van der Waals surface area contributed by atoms with E-state index in [4.69, 9.17) is 21.1 Å². The molecule has 0 bridgehead atoms. The van der Waals surface area contributed by atoms with Crippen molar-refractivity contribution in [2.45, 2.75) is 26.3 Å². The van der Waals surface area contributed by atoms with Crippen molar-refractivity contribution in [2.75, 3.05) is 18.6 Å². The minimum Gasteiger partial charge on any atom is -0.508 e. The number of aryl methyl sites for hydroxylation is 1. The number of rotatable bonds is 7. The summed E-state index contributed by atoms with van der Waals surface area (Å²) in [5.74, 6) is -2.40. The van der Waals surface area contributed by atoms with Crippen LogP contribution >= 0.6 is 11.6 Å². The first-order valence-corrected chi connectivity index (χ1v) is 12.2. The fraction of sp³-hybridized carbons (Fsp3) is 0.207. The molecule has 0 saturated carbocycles. The van der Waals surface area contributed by atoms with Gasteiger partial charge in [0.2, 0.25) is 0 Å². The SMILES string of the molecule is CCOC(=O)Cc1ccc(N2C(=O)C(=O)/C(=C(/O)c3cc(C)cc(Cl)c3OC)C2c2ccc(O)cc2)cc1. The van der Waals surface area contributed by atoms with Crippen LogP contribution in [-0.2, 0) is 25.5 Å². The molecule has 8 nitrogen and oxygen atoms in total. The lowest BCUT2D eigenvalue weighted by Gasteiger charge is -2.26. The van der Waals surface area contributed by atoms with Gasteiger partial charge in [-0.05, 0) is 66.9 Å². The molecular weight excluding hydrogens is 510 g/mol. The number of phenols is 1. The Morgan fingerprint density at radius 1 is 1.05 bits per heavy atom. The van der Waals surface area contributed by atoms with Crippen LogP contribution in [0.3, 0.4) is 0 Å². The predicted molar refractivity (Wildman–Crippen MR) is 142 cm³/mol. The maximum absolute atomic E-state index is 13.4. The maximum Gasteiger partial charge on any atom is 0.310 e. The van der Waals surface area contributed by atoms with Crippen molar-refractivity contribution in [3.8, 4) is 11.5 Å². The van der Waals surface area contributed by atoms with Crippen molar-refractivity contribution in [1.82, 2.24) is 0 Å². The minimum absolute atomic E-state index is 0.00107. The van der Waals surface area contributed by atoms with E-state index in [0.717, 1.165) is 0 Å². The number of carbonyl (C=O) groups is 3. The topological polar surface area (TPSA) is 113 Å². The highest BCUT2D eigenvalue weighted by Crippen LogP contribution is 2.44. The Hall–Kier alpha value is -4.30. The fourth-order valence-electron chi connectivity index (χ4n) is 4.48. The van der Waals surface area contributed by atoms with Gasteiger partial charge in [0.25, 0.3) is 11.7 Å². The Labute approximate surface area is 224 Å². The number of esters is 1. The van der Waals surface area contributed by atoms with Crippen molar-refractivity contribution in [2.24, 2.45) is 0 Å². The number of amides is 1. The van der Waals surface area contributed by atoms with E-state index in [2.05, 4.69) is 0 Å². The van der Waals surface area contributed by atoms with Gasteiger partial charge in [-0.25, -0.2) is 0 Å². The monoisotopic (exact) mass is 535 g/mol. The summed E-state index contributed by atoms with van der Waals surface area (Å²) in [6.07, 6.45) is 0.0578. The van der Waals surface area contributed by atoms with Crippen LogP contribution in [0.2, 0.25) is 5.02 Å². The molecule has 1 atom stereocenters. The zero-order valence-electron chi connectivity index (χ0n) is 21.0. The molecule has 1 fully saturated rings. The molecule has 4 rings (SSSR count). The first-order valence-electron chi connectivity index (χ1n) is 11.8. The van der Waals surface area contributed by atoms with Crippen LogP contribution in [-0.4, -0.2) is 41.6 Å². The predicted octanol–water partition coefficient (Wildman–Crippen LogP) is 5.09. The van der Waals surface area contributed by atoms with Crippen LogP contribution in [0.4, 0.5) is 5.69 Å². The Morgan fingerprint density at radius 3 is 2.32 bits per heavy atom. The molecule has 38 heavy (non-hydrogen) atoms. The molecule has 1 aliphatic rings. The zero-order chi connectivity index (χ0) is 27.6. The summed E-state index contributed by atoms with van der Waals surface area (Å²) in [6.45, 7) is 3.77. The van der Waals surface area contributed by atoms with Gasteiger partial charge in [-0.3, -0.25) is 19.3 Å². The van der Waals surface area contributed by atoms with Gasteiger partial charge in [-0.1, -0.05) is 35.9 Å². The molecular formula is C29H26ClNO7. The van der Waals surface area contributed by atoms with E-state index < -0.39 is 23.5 Å².